The lowest BCUT2D eigenvalue weighted by molar-refractivity contribution is 0.127. The van der Waals surface area contributed by atoms with Gasteiger partial charge in [0.15, 0.2) is 5.75 Å². The first-order valence-corrected chi connectivity index (χ1v) is 3.52. The Morgan fingerprint density at radius 3 is 2.83 bits per heavy atom. The van der Waals surface area contributed by atoms with E-state index in [0.29, 0.717) is 5.75 Å². The molecule has 1 rings (SSSR count). The predicted octanol–water partition coefficient (Wildman–Crippen LogP) is 0.461. The monoisotopic (exact) mass is 169 g/mol. The second kappa shape index (κ2) is 3.92. The Kier molecular flexibility index (Phi) is 2.88. The summed E-state index contributed by atoms with van der Waals surface area (Å²) in [5.41, 5.74) is -0.179. The predicted molar refractivity (Wildman–Crippen MR) is 44.3 cm³/mol. The molecule has 0 atom stereocenters. The topological polar surface area (TPSA) is 40.5 Å². The first-order chi connectivity index (χ1) is 5.79. The number of methoxy groups -OCH3 is 2. The molecule has 0 spiro atoms. The van der Waals surface area contributed by atoms with E-state index >= 15 is 0 Å². The van der Waals surface area contributed by atoms with Crippen LogP contribution < -0.4 is 10.3 Å². The third-order valence-electron chi connectivity index (χ3n) is 1.47. The number of rotatable bonds is 3. The van der Waals surface area contributed by atoms with Crippen molar-refractivity contribution < 1.29 is 9.47 Å². The van der Waals surface area contributed by atoms with Crippen molar-refractivity contribution in [3.63, 3.8) is 0 Å². The SMILES string of the molecule is COCn1cccc(OC)c1=O. The summed E-state index contributed by atoms with van der Waals surface area (Å²) in [4.78, 5) is 11.3. The van der Waals surface area contributed by atoms with Crippen molar-refractivity contribution in [2.24, 2.45) is 0 Å². The highest BCUT2D eigenvalue weighted by Crippen LogP contribution is 1.99. The number of hydrogen-bond acceptors (Lipinski definition) is 3. The Balaban J connectivity index is 3.06. The molecule has 1 heterocycles. The van der Waals surface area contributed by atoms with Crippen LogP contribution in [-0.2, 0) is 11.5 Å². The molecule has 0 aliphatic rings. The lowest BCUT2D eigenvalue weighted by Gasteiger charge is -2.04. The van der Waals surface area contributed by atoms with E-state index in [4.69, 9.17) is 9.47 Å². The molecule has 0 N–H and O–H groups in total. The Hall–Kier alpha value is -1.29. The van der Waals surface area contributed by atoms with Crippen molar-refractivity contribution >= 4 is 0 Å². The lowest BCUT2D eigenvalue weighted by Crippen LogP contribution is -2.21. The molecule has 12 heavy (non-hydrogen) atoms. The van der Waals surface area contributed by atoms with Crippen LogP contribution in [0.4, 0.5) is 0 Å². The van der Waals surface area contributed by atoms with Crippen molar-refractivity contribution in [3.05, 3.63) is 28.7 Å². The van der Waals surface area contributed by atoms with Crippen LogP contribution in [0.15, 0.2) is 23.1 Å². The van der Waals surface area contributed by atoms with Gasteiger partial charge in [0.25, 0.3) is 5.56 Å². The highest BCUT2D eigenvalue weighted by Gasteiger charge is 2.00. The third-order valence-corrected chi connectivity index (χ3v) is 1.47. The molecule has 0 radical (unpaired) electrons. The minimum absolute atomic E-state index is 0.179. The Morgan fingerprint density at radius 1 is 1.50 bits per heavy atom. The van der Waals surface area contributed by atoms with Crippen LogP contribution in [0, 0.1) is 0 Å². The first kappa shape index (κ1) is 8.80. The zero-order valence-corrected chi connectivity index (χ0v) is 7.11. The number of nitrogens with zero attached hydrogens (tertiary/aromatic N) is 1. The van der Waals surface area contributed by atoms with Gasteiger partial charge < -0.3 is 9.47 Å². The molecule has 1 aromatic rings. The van der Waals surface area contributed by atoms with E-state index < -0.39 is 0 Å². The van der Waals surface area contributed by atoms with Gasteiger partial charge in [-0.3, -0.25) is 9.36 Å². The maximum absolute atomic E-state index is 11.3. The minimum atomic E-state index is -0.179. The van der Waals surface area contributed by atoms with E-state index in [9.17, 15) is 4.79 Å². The molecule has 0 amide bonds. The van der Waals surface area contributed by atoms with Crippen molar-refractivity contribution in [2.75, 3.05) is 14.2 Å². The van der Waals surface area contributed by atoms with Gasteiger partial charge in [-0.05, 0) is 12.1 Å². The van der Waals surface area contributed by atoms with Gasteiger partial charge in [0.05, 0.1) is 7.11 Å². The van der Waals surface area contributed by atoms with Crippen molar-refractivity contribution in [1.29, 1.82) is 0 Å². The summed E-state index contributed by atoms with van der Waals surface area (Å²) < 4.78 is 11.1. The van der Waals surface area contributed by atoms with Crippen LogP contribution in [0.3, 0.4) is 0 Å². The molecule has 0 bridgehead atoms. The third kappa shape index (κ3) is 1.65. The van der Waals surface area contributed by atoms with Crippen LogP contribution in [0.5, 0.6) is 5.75 Å². The maximum atomic E-state index is 11.3. The van der Waals surface area contributed by atoms with Crippen molar-refractivity contribution in [1.82, 2.24) is 4.57 Å². The maximum Gasteiger partial charge on any atom is 0.294 e. The van der Waals surface area contributed by atoms with Gasteiger partial charge in [0.1, 0.15) is 6.73 Å². The molecular formula is C8H11NO3. The molecule has 0 aliphatic carbocycles. The second-order valence-corrected chi connectivity index (χ2v) is 2.27. The van der Waals surface area contributed by atoms with Crippen molar-refractivity contribution in [3.8, 4) is 5.75 Å². The fourth-order valence-electron chi connectivity index (χ4n) is 0.911. The summed E-state index contributed by atoms with van der Waals surface area (Å²) in [6.45, 7) is 0.246. The Bertz CT molecular complexity index is 305. The van der Waals surface area contributed by atoms with Crippen LogP contribution in [0.25, 0.3) is 0 Å². The molecular weight excluding hydrogens is 158 g/mol. The largest absolute Gasteiger partial charge is 0.491 e. The molecule has 0 saturated carbocycles. The summed E-state index contributed by atoms with van der Waals surface area (Å²) in [7, 11) is 3.00. The van der Waals surface area contributed by atoms with E-state index in [1.807, 2.05) is 0 Å². The Morgan fingerprint density at radius 2 is 2.25 bits per heavy atom. The highest BCUT2D eigenvalue weighted by molar-refractivity contribution is 5.16. The van der Waals surface area contributed by atoms with Gasteiger partial charge in [0.2, 0.25) is 0 Å². The molecule has 66 valence electrons. The van der Waals surface area contributed by atoms with Gasteiger partial charge in [0, 0.05) is 13.3 Å². The van der Waals surface area contributed by atoms with Gasteiger partial charge in [-0.1, -0.05) is 0 Å². The number of ether oxygens (including phenoxy) is 2. The van der Waals surface area contributed by atoms with E-state index in [0.717, 1.165) is 0 Å². The first-order valence-electron chi connectivity index (χ1n) is 3.52. The molecule has 0 aromatic carbocycles. The van der Waals surface area contributed by atoms with Gasteiger partial charge in [-0.15, -0.1) is 0 Å². The summed E-state index contributed by atoms with van der Waals surface area (Å²) in [6, 6.07) is 3.35. The standard InChI is InChI=1S/C8H11NO3/c1-11-6-9-5-3-4-7(12-2)8(9)10/h3-5H,6H2,1-2H3. The normalized spacial score (nSPS) is 9.83. The van der Waals surface area contributed by atoms with Gasteiger partial charge in [-0.25, -0.2) is 0 Å². The fourth-order valence-corrected chi connectivity index (χ4v) is 0.911. The summed E-state index contributed by atoms with van der Waals surface area (Å²) in [6.07, 6.45) is 1.65. The van der Waals surface area contributed by atoms with Gasteiger partial charge in [-0.2, -0.15) is 0 Å². The van der Waals surface area contributed by atoms with Crippen LogP contribution in [0.1, 0.15) is 0 Å². The zero-order valence-electron chi connectivity index (χ0n) is 7.11. The van der Waals surface area contributed by atoms with Crippen LogP contribution in [-0.4, -0.2) is 18.8 Å². The smallest absolute Gasteiger partial charge is 0.294 e. The van der Waals surface area contributed by atoms with Crippen LogP contribution >= 0.6 is 0 Å². The van der Waals surface area contributed by atoms with E-state index in [1.54, 1.807) is 18.3 Å². The molecule has 0 saturated heterocycles. The molecule has 1 aromatic heterocycles. The molecule has 0 unspecified atom stereocenters. The second-order valence-electron chi connectivity index (χ2n) is 2.27. The van der Waals surface area contributed by atoms with Crippen molar-refractivity contribution in [2.45, 2.75) is 6.73 Å². The number of pyridine rings is 1. The molecule has 0 aliphatic heterocycles. The molecule has 4 heteroatoms. The molecule has 4 nitrogen and oxygen atoms in total. The van der Waals surface area contributed by atoms with E-state index in [-0.39, 0.29) is 12.3 Å². The van der Waals surface area contributed by atoms with Gasteiger partial charge >= 0.3 is 0 Å². The van der Waals surface area contributed by atoms with E-state index in [2.05, 4.69) is 0 Å². The molecule has 0 fully saturated rings. The highest BCUT2D eigenvalue weighted by atomic mass is 16.5. The van der Waals surface area contributed by atoms with Crippen LogP contribution in [0.2, 0.25) is 0 Å². The quantitative estimate of drug-likeness (QED) is 0.660. The average molecular weight is 169 g/mol. The summed E-state index contributed by atoms with van der Waals surface area (Å²) in [5.74, 6) is 0.328. The van der Waals surface area contributed by atoms with E-state index in [1.165, 1.54) is 18.8 Å². The number of aromatic nitrogens is 1. The Labute approximate surface area is 70.3 Å². The fraction of sp³-hybridized carbons (Fsp3) is 0.375. The summed E-state index contributed by atoms with van der Waals surface area (Å²) >= 11 is 0. The summed E-state index contributed by atoms with van der Waals surface area (Å²) in [5, 5.41) is 0. The minimum Gasteiger partial charge on any atom is -0.491 e. The average Bonchev–Trinajstić information content (AvgIpc) is 2.09. The number of hydrogen-bond donors (Lipinski definition) is 0. The zero-order chi connectivity index (χ0) is 8.97. The lowest BCUT2D eigenvalue weighted by atomic mass is 10.4.